The van der Waals surface area contributed by atoms with Gasteiger partial charge in [-0.25, -0.2) is 0 Å². The Morgan fingerprint density at radius 3 is 2.39 bits per heavy atom. The molecule has 28 heavy (non-hydrogen) atoms. The minimum Gasteiger partial charge on any atom is -0.481 e. The zero-order chi connectivity index (χ0) is 20.1. The SMILES string of the molecule is Cc1cc(Cl)ccc1OC(C)C(=O)N1CCN(C(=O)CN2CCOCC2)CC1. The number of piperazine rings is 1. The van der Waals surface area contributed by atoms with Crippen LogP contribution in [0, 0.1) is 6.92 Å². The van der Waals surface area contributed by atoms with E-state index in [0.29, 0.717) is 56.7 Å². The molecule has 0 N–H and O–H groups in total. The molecule has 0 aromatic heterocycles. The number of nitrogens with zero attached hydrogens (tertiary/aromatic N) is 3. The Labute approximate surface area is 171 Å². The van der Waals surface area contributed by atoms with Gasteiger partial charge in [-0.15, -0.1) is 0 Å². The Balaban J connectivity index is 1.46. The number of halogens is 1. The van der Waals surface area contributed by atoms with Gasteiger partial charge in [-0.05, 0) is 37.6 Å². The molecule has 1 aromatic rings. The van der Waals surface area contributed by atoms with E-state index in [0.717, 1.165) is 18.7 Å². The first-order chi connectivity index (χ1) is 13.4. The van der Waals surface area contributed by atoms with Gasteiger partial charge >= 0.3 is 0 Å². The van der Waals surface area contributed by atoms with Crippen LogP contribution in [0.15, 0.2) is 18.2 Å². The van der Waals surface area contributed by atoms with E-state index in [2.05, 4.69) is 4.90 Å². The van der Waals surface area contributed by atoms with Crippen molar-refractivity contribution in [3.8, 4) is 5.75 Å². The normalized spacial score (nSPS) is 19.4. The van der Waals surface area contributed by atoms with Gasteiger partial charge in [0, 0.05) is 44.3 Å². The van der Waals surface area contributed by atoms with Crippen LogP contribution in [-0.2, 0) is 14.3 Å². The molecule has 2 saturated heterocycles. The lowest BCUT2D eigenvalue weighted by atomic mass is 10.2. The average molecular weight is 410 g/mol. The van der Waals surface area contributed by atoms with E-state index in [1.54, 1.807) is 24.0 Å². The number of benzene rings is 1. The van der Waals surface area contributed by atoms with Gasteiger partial charge < -0.3 is 19.3 Å². The van der Waals surface area contributed by atoms with Crippen molar-refractivity contribution in [1.29, 1.82) is 0 Å². The molecule has 3 rings (SSSR count). The smallest absolute Gasteiger partial charge is 0.263 e. The first kappa shape index (κ1) is 20.9. The van der Waals surface area contributed by atoms with Crippen LogP contribution in [0.3, 0.4) is 0 Å². The molecule has 2 fully saturated rings. The van der Waals surface area contributed by atoms with Gasteiger partial charge in [0.25, 0.3) is 5.91 Å². The van der Waals surface area contributed by atoms with Gasteiger partial charge in [0.05, 0.1) is 19.8 Å². The van der Waals surface area contributed by atoms with Crippen LogP contribution in [0.2, 0.25) is 5.02 Å². The third-order valence-electron chi connectivity index (χ3n) is 5.20. The largest absolute Gasteiger partial charge is 0.481 e. The van der Waals surface area contributed by atoms with Crippen molar-refractivity contribution in [1.82, 2.24) is 14.7 Å². The Morgan fingerprint density at radius 2 is 1.75 bits per heavy atom. The minimum absolute atomic E-state index is 0.0605. The van der Waals surface area contributed by atoms with Crippen molar-refractivity contribution < 1.29 is 19.1 Å². The molecule has 0 radical (unpaired) electrons. The van der Waals surface area contributed by atoms with E-state index in [-0.39, 0.29) is 11.8 Å². The van der Waals surface area contributed by atoms with Crippen molar-refractivity contribution in [2.45, 2.75) is 20.0 Å². The Kier molecular flexibility index (Phi) is 7.15. The van der Waals surface area contributed by atoms with Crippen LogP contribution in [0.1, 0.15) is 12.5 Å². The van der Waals surface area contributed by atoms with Gasteiger partial charge in [0.1, 0.15) is 5.75 Å². The Morgan fingerprint density at radius 1 is 1.11 bits per heavy atom. The second-order valence-corrected chi connectivity index (χ2v) is 7.70. The number of carbonyl (C=O) groups excluding carboxylic acids is 2. The lowest BCUT2D eigenvalue weighted by Gasteiger charge is -2.37. The average Bonchev–Trinajstić information content (AvgIpc) is 2.70. The van der Waals surface area contributed by atoms with Crippen molar-refractivity contribution >= 4 is 23.4 Å². The molecule has 1 aromatic carbocycles. The summed E-state index contributed by atoms with van der Waals surface area (Å²) >= 11 is 5.97. The molecule has 0 spiro atoms. The predicted molar refractivity (Wildman–Crippen MR) is 107 cm³/mol. The zero-order valence-corrected chi connectivity index (χ0v) is 17.3. The molecule has 2 aliphatic heterocycles. The number of amides is 2. The topological polar surface area (TPSA) is 62.3 Å². The highest BCUT2D eigenvalue weighted by atomic mass is 35.5. The number of hydrogen-bond acceptors (Lipinski definition) is 5. The maximum Gasteiger partial charge on any atom is 0.263 e. The fourth-order valence-corrected chi connectivity index (χ4v) is 3.70. The van der Waals surface area contributed by atoms with Crippen molar-refractivity contribution in [3.05, 3.63) is 28.8 Å². The number of ether oxygens (including phenoxy) is 2. The van der Waals surface area contributed by atoms with Gasteiger partial charge in [-0.3, -0.25) is 14.5 Å². The standard InChI is InChI=1S/C20H28ClN3O4/c1-15-13-17(21)3-4-18(15)28-16(2)20(26)24-7-5-23(6-8-24)19(25)14-22-9-11-27-12-10-22/h3-4,13,16H,5-12,14H2,1-2H3. The molecule has 0 aliphatic carbocycles. The Bertz CT molecular complexity index is 701. The summed E-state index contributed by atoms with van der Waals surface area (Å²) < 4.78 is 11.2. The number of rotatable bonds is 5. The van der Waals surface area contributed by atoms with Gasteiger partial charge in [0.2, 0.25) is 5.91 Å². The van der Waals surface area contributed by atoms with E-state index < -0.39 is 6.10 Å². The monoisotopic (exact) mass is 409 g/mol. The van der Waals surface area contributed by atoms with Crippen LogP contribution in [0.4, 0.5) is 0 Å². The van der Waals surface area contributed by atoms with Crippen LogP contribution in [-0.4, -0.2) is 91.6 Å². The maximum atomic E-state index is 12.7. The highest BCUT2D eigenvalue weighted by Crippen LogP contribution is 2.23. The third-order valence-corrected chi connectivity index (χ3v) is 5.43. The van der Waals surface area contributed by atoms with Gasteiger partial charge in [-0.1, -0.05) is 11.6 Å². The summed E-state index contributed by atoms with van der Waals surface area (Å²) in [7, 11) is 0. The summed E-state index contributed by atoms with van der Waals surface area (Å²) in [6.45, 7) is 9.20. The summed E-state index contributed by atoms with van der Waals surface area (Å²) in [6.07, 6.45) is -0.588. The van der Waals surface area contributed by atoms with E-state index in [9.17, 15) is 9.59 Å². The van der Waals surface area contributed by atoms with Crippen LogP contribution in [0.25, 0.3) is 0 Å². The summed E-state index contributed by atoms with van der Waals surface area (Å²) in [4.78, 5) is 30.9. The molecule has 2 heterocycles. The van der Waals surface area contributed by atoms with E-state index >= 15 is 0 Å². The molecule has 2 aliphatic rings. The first-order valence-electron chi connectivity index (χ1n) is 9.73. The maximum absolute atomic E-state index is 12.7. The molecular weight excluding hydrogens is 382 g/mol. The molecular formula is C20H28ClN3O4. The zero-order valence-electron chi connectivity index (χ0n) is 16.5. The van der Waals surface area contributed by atoms with E-state index in [1.165, 1.54) is 0 Å². The summed E-state index contributed by atoms with van der Waals surface area (Å²) in [5.74, 6) is 0.717. The lowest BCUT2D eigenvalue weighted by Crippen LogP contribution is -2.55. The van der Waals surface area contributed by atoms with Gasteiger partial charge in [-0.2, -0.15) is 0 Å². The minimum atomic E-state index is -0.588. The van der Waals surface area contributed by atoms with Crippen LogP contribution < -0.4 is 4.74 Å². The van der Waals surface area contributed by atoms with Crippen molar-refractivity contribution in [3.63, 3.8) is 0 Å². The molecule has 0 saturated carbocycles. The molecule has 1 atom stereocenters. The van der Waals surface area contributed by atoms with Crippen molar-refractivity contribution in [2.24, 2.45) is 0 Å². The molecule has 7 nitrogen and oxygen atoms in total. The molecule has 1 unspecified atom stereocenters. The predicted octanol–water partition coefficient (Wildman–Crippen LogP) is 1.42. The van der Waals surface area contributed by atoms with Crippen LogP contribution in [0.5, 0.6) is 5.75 Å². The molecule has 0 bridgehead atoms. The summed E-state index contributed by atoms with van der Waals surface area (Å²) in [5, 5.41) is 0.640. The van der Waals surface area contributed by atoms with Crippen LogP contribution >= 0.6 is 11.6 Å². The van der Waals surface area contributed by atoms with Crippen molar-refractivity contribution in [2.75, 3.05) is 59.0 Å². The highest BCUT2D eigenvalue weighted by molar-refractivity contribution is 6.30. The van der Waals surface area contributed by atoms with E-state index in [1.807, 2.05) is 17.9 Å². The fraction of sp³-hybridized carbons (Fsp3) is 0.600. The third kappa shape index (κ3) is 5.37. The fourth-order valence-electron chi connectivity index (χ4n) is 3.47. The number of aryl methyl sites for hydroxylation is 1. The lowest BCUT2D eigenvalue weighted by molar-refractivity contribution is -0.144. The van der Waals surface area contributed by atoms with E-state index in [4.69, 9.17) is 21.1 Å². The molecule has 154 valence electrons. The number of carbonyl (C=O) groups is 2. The number of morpholine rings is 1. The molecule has 2 amide bonds. The second kappa shape index (κ2) is 9.58. The molecule has 8 heteroatoms. The highest BCUT2D eigenvalue weighted by Gasteiger charge is 2.28. The quantitative estimate of drug-likeness (QED) is 0.736. The number of hydrogen-bond donors (Lipinski definition) is 0. The van der Waals surface area contributed by atoms with Gasteiger partial charge in [0.15, 0.2) is 6.10 Å². The summed E-state index contributed by atoms with van der Waals surface area (Å²) in [6, 6.07) is 5.34. The Hall–Kier alpha value is -1.83. The first-order valence-corrected chi connectivity index (χ1v) is 10.1. The summed E-state index contributed by atoms with van der Waals surface area (Å²) in [5.41, 5.74) is 0.894. The second-order valence-electron chi connectivity index (χ2n) is 7.26.